The molecule has 2 rings (SSSR count). The van der Waals surface area contributed by atoms with Crippen LogP contribution in [0.25, 0.3) is 0 Å². The van der Waals surface area contributed by atoms with Gasteiger partial charge in [0.05, 0.1) is 5.92 Å². The molecule has 1 atom stereocenters. The number of oxazole rings is 1. The van der Waals surface area contributed by atoms with Crippen LogP contribution in [0.5, 0.6) is 0 Å². The fraction of sp³-hybridized carbons (Fsp3) is 0.812. The molecule has 0 aromatic carbocycles. The summed E-state index contributed by atoms with van der Waals surface area (Å²) in [4.78, 5) is 0. The van der Waals surface area contributed by atoms with Crippen molar-refractivity contribution in [1.82, 2.24) is 0 Å². The van der Waals surface area contributed by atoms with Gasteiger partial charge in [-0.3, -0.25) is 0 Å². The maximum atomic E-state index is 6.34. The van der Waals surface area contributed by atoms with E-state index in [2.05, 4.69) is 62.7 Å². The first-order chi connectivity index (χ1) is 9.32. The van der Waals surface area contributed by atoms with Crippen LogP contribution in [0, 0.1) is 0 Å². The molecule has 0 bridgehead atoms. The molecule has 4 heteroatoms. The molecule has 1 aliphatic rings. The molecule has 0 radical (unpaired) electrons. The molecule has 0 saturated carbocycles. The standard InChI is InChI=1S/C16H28BINO/c1-11(2)15-19(12(3)4)13-8-6-5-7-9-16(17,18)10-14(13)20-15/h11-12H,5-10,17H2,1-4H3/q+1. The van der Waals surface area contributed by atoms with Crippen molar-refractivity contribution >= 4 is 30.4 Å². The number of alkyl halides is 1. The van der Waals surface area contributed by atoms with Crippen LogP contribution in [0.2, 0.25) is 0 Å². The van der Waals surface area contributed by atoms with Gasteiger partial charge in [0.1, 0.15) is 7.85 Å². The van der Waals surface area contributed by atoms with E-state index in [0.29, 0.717) is 15.3 Å². The lowest BCUT2D eigenvalue weighted by atomic mass is 9.79. The first-order valence-electron chi connectivity index (χ1n) is 8.06. The second kappa shape index (κ2) is 6.41. The van der Waals surface area contributed by atoms with E-state index < -0.39 is 0 Å². The smallest absolute Gasteiger partial charge is 0.350 e. The maximum Gasteiger partial charge on any atom is 0.350 e. The van der Waals surface area contributed by atoms with Crippen molar-refractivity contribution in [3.05, 3.63) is 17.3 Å². The van der Waals surface area contributed by atoms with Gasteiger partial charge in [0, 0.05) is 12.8 Å². The molecule has 1 aromatic heterocycles. The van der Waals surface area contributed by atoms with E-state index in [1.54, 1.807) is 0 Å². The second-order valence-corrected chi connectivity index (χ2v) is 9.68. The van der Waals surface area contributed by atoms with Gasteiger partial charge in [0.15, 0.2) is 11.8 Å². The van der Waals surface area contributed by atoms with E-state index in [1.807, 2.05) is 0 Å². The number of fused-ring (bicyclic) bond motifs is 1. The van der Waals surface area contributed by atoms with Crippen LogP contribution in [0.4, 0.5) is 0 Å². The molecule has 1 aromatic rings. The summed E-state index contributed by atoms with van der Waals surface area (Å²) in [6.07, 6.45) is 7.54. The SMILES string of the molecule is BC1(I)CCCCCc2c(oc(C(C)C)[n+]2C(C)C)C1. The Morgan fingerprint density at radius 2 is 1.90 bits per heavy atom. The zero-order valence-corrected chi connectivity index (χ0v) is 15.8. The highest BCUT2D eigenvalue weighted by Gasteiger charge is 2.35. The van der Waals surface area contributed by atoms with Crippen LogP contribution >= 0.6 is 22.6 Å². The monoisotopic (exact) mass is 388 g/mol. The van der Waals surface area contributed by atoms with Gasteiger partial charge in [0.2, 0.25) is 5.69 Å². The second-order valence-electron chi connectivity index (χ2n) is 7.08. The number of halogens is 1. The van der Waals surface area contributed by atoms with Crippen molar-refractivity contribution in [2.75, 3.05) is 0 Å². The lowest BCUT2D eigenvalue weighted by Crippen LogP contribution is -2.43. The van der Waals surface area contributed by atoms with Gasteiger partial charge in [-0.15, -0.1) is 0 Å². The summed E-state index contributed by atoms with van der Waals surface area (Å²) < 4.78 is 9.15. The number of hydrogen-bond donors (Lipinski definition) is 0. The van der Waals surface area contributed by atoms with Crippen LogP contribution in [0.3, 0.4) is 0 Å². The summed E-state index contributed by atoms with van der Waals surface area (Å²) in [5.41, 5.74) is 1.47. The highest BCUT2D eigenvalue weighted by Crippen LogP contribution is 2.32. The minimum absolute atomic E-state index is 0.331. The molecule has 0 saturated heterocycles. The van der Waals surface area contributed by atoms with Crippen LogP contribution < -0.4 is 4.57 Å². The minimum atomic E-state index is 0.331. The first kappa shape index (κ1) is 16.4. The third-order valence-electron chi connectivity index (χ3n) is 4.23. The normalized spacial score (nSPS) is 24.4. The Bertz CT molecular complexity index is 465. The predicted molar refractivity (Wildman–Crippen MR) is 94.5 cm³/mol. The molecule has 1 unspecified atom stereocenters. The Morgan fingerprint density at radius 1 is 1.20 bits per heavy atom. The van der Waals surface area contributed by atoms with E-state index in [1.165, 1.54) is 43.6 Å². The van der Waals surface area contributed by atoms with Crippen molar-refractivity contribution in [3.8, 4) is 0 Å². The Labute approximate surface area is 138 Å². The van der Waals surface area contributed by atoms with E-state index in [0.717, 1.165) is 12.3 Å². The van der Waals surface area contributed by atoms with Crippen LogP contribution in [0.1, 0.15) is 82.7 Å². The average molecular weight is 388 g/mol. The first-order valence-corrected chi connectivity index (χ1v) is 9.14. The summed E-state index contributed by atoms with van der Waals surface area (Å²) in [6.45, 7) is 9.02. The van der Waals surface area contributed by atoms with Crippen LogP contribution in [-0.2, 0) is 12.8 Å². The van der Waals surface area contributed by atoms with Gasteiger partial charge in [-0.05, 0) is 43.9 Å². The molecule has 0 N–H and O–H groups in total. The minimum Gasteiger partial charge on any atom is -0.406 e. The topological polar surface area (TPSA) is 17.0 Å². The van der Waals surface area contributed by atoms with E-state index in [4.69, 9.17) is 4.42 Å². The third kappa shape index (κ3) is 3.60. The zero-order chi connectivity index (χ0) is 14.9. The van der Waals surface area contributed by atoms with Crippen molar-refractivity contribution in [2.24, 2.45) is 0 Å². The van der Waals surface area contributed by atoms with Gasteiger partial charge in [0.25, 0.3) is 0 Å². The molecule has 20 heavy (non-hydrogen) atoms. The van der Waals surface area contributed by atoms with Crippen LogP contribution in [0.15, 0.2) is 4.42 Å². The third-order valence-corrected chi connectivity index (χ3v) is 5.15. The molecule has 112 valence electrons. The fourth-order valence-electron chi connectivity index (χ4n) is 3.25. The molecular formula is C16H28BINO+. The summed E-state index contributed by atoms with van der Waals surface area (Å²) in [5, 5.41) is 0. The van der Waals surface area contributed by atoms with Crippen molar-refractivity contribution in [2.45, 2.75) is 81.5 Å². The average Bonchev–Trinajstić information content (AvgIpc) is 2.68. The molecule has 0 aliphatic heterocycles. The summed E-state index contributed by atoms with van der Waals surface area (Å²) in [6, 6.07) is 0.487. The summed E-state index contributed by atoms with van der Waals surface area (Å²) in [7, 11) is 2.37. The van der Waals surface area contributed by atoms with Crippen molar-refractivity contribution in [1.29, 1.82) is 0 Å². The maximum absolute atomic E-state index is 6.34. The van der Waals surface area contributed by atoms with Crippen LogP contribution in [-0.4, -0.2) is 11.2 Å². The number of nitrogens with zero attached hydrogens (tertiary/aromatic N) is 1. The van der Waals surface area contributed by atoms with Crippen molar-refractivity contribution in [3.63, 3.8) is 0 Å². The summed E-state index contributed by atoms with van der Waals surface area (Å²) >= 11 is 2.63. The predicted octanol–water partition coefficient (Wildman–Crippen LogP) is 3.69. The Kier molecular flexibility index (Phi) is 5.25. The number of hydrogen-bond acceptors (Lipinski definition) is 1. The Hall–Kier alpha value is 0.00494. The largest absolute Gasteiger partial charge is 0.406 e. The summed E-state index contributed by atoms with van der Waals surface area (Å²) in [5.74, 6) is 2.87. The van der Waals surface area contributed by atoms with E-state index in [-0.39, 0.29) is 0 Å². The van der Waals surface area contributed by atoms with Crippen molar-refractivity contribution < 1.29 is 8.98 Å². The molecule has 1 aliphatic carbocycles. The zero-order valence-electron chi connectivity index (χ0n) is 13.6. The van der Waals surface area contributed by atoms with E-state index >= 15 is 0 Å². The molecule has 0 fully saturated rings. The lowest BCUT2D eigenvalue weighted by molar-refractivity contribution is -0.733. The Morgan fingerprint density at radius 3 is 2.50 bits per heavy atom. The highest BCUT2D eigenvalue weighted by molar-refractivity contribution is 14.1. The quantitative estimate of drug-likeness (QED) is 0.327. The highest BCUT2D eigenvalue weighted by atomic mass is 127. The Balaban J connectivity index is 2.49. The molecule has 2 nitrogen and oxygen atoms in total. The van der Waals surface area contributed by atoms with Gasteiger partial charge in [-0.1, -0.05) is 35.4 Å². The molecule has 1 heterocycles. The molecule has 0 amide bonds. The fourth-order valence-corrected chi connectivity index (χ4v) is 3.98. The lowest BCUT2D eigenvalue weighted by Gasteiger charge is -2.20. The van der Waals surface area contributed by atoms with E-state index in [9.17, 15) is 0 Å². The van der Waals surface area contributed by atoms with Gasteiger partial charge in [-0.2, -0.15) is 4.57 Å². The number of rotatable bonds is 2. The number of aromatic nitrogens is 1. The van der Waals surface area contributed by atoms with Gasteiger partial charge in [-0.25, -0.2) is 0 Å². The van der Waals surface area contributed by atoms with Gasteiger partial charge >= 0.3 is 5.89 Å². The molecule has 0 spiro atoms. The molecular weight excluding hydrogens is 360 g/mol. The van der Waals surface area contributed by atoms with Gasteiger partial charge < -0.3 is 4.42 Å².